The molecule has 0 atom stereocenters. The van der Waals surface area contributed by atoms with E-state index in [2.05, 4.69) is 11.9 Å². The standard InChI is InChI=1S/C12H16N2O/c1-3-4-8-7-14-10-6-5-9(13)12(15-2)11(8)10/h5-7,14H,3-4,13H2,1-2H3. The third kappa shape index (κ3) is 1.54. The highest BCUT2D eigenvalue weighted by Crippen LogP contribution is 2.34. The molecule has 15 heavy (non-hydrogen) atoms. The van der Waals surface area contributed by atoms with Crippen LogP contribution in [0.25, 0.3) is 10.9 Å². The molecule has 1 aromatic carbocycles. The van der Waals surface area contributed by atoms with Crippen molar-refractivity contribution in [2.75, 3.05) is 12.8 Å². The third-order valence-corrected chi connectivity index (χ3v) is 2.63. The highest BCUT2D eigenvalue weighted by Gasteiger charge is 2.11. The molecule has 1 aromatic heterocycles. The SMILES string of the molecule is CCCc1c[nH]c2ccc(N)c(OC)c12. The second-order valence-electron chi connectivity index (χ2n) is 3.67. The van der Waals surface area contributed by atoms with Gasteiger partial charge in [0.25, 0.3) is 0 Å². The zero-order valence-corrected chi connectivity index (χ0v) is 9.13. The summed E-state index contributed by atoms with van der Waals surface area (Å²) in [4.78, 5) is 3.24. The number of hydrogen-bond acceptors (Lipinski definition) is 2. The fraction of sp³-hybridized carbons (Fsp3) is 0.333. The first-order valence-corrected chi connectivity index (χ1v) is 5.20. The van der Waals surface area contributed by atoms with Crippen LogP contribution >= 0.6 is 0 Å². The lowest BCUT2D eigenvalue weighted by Gasteiger charge is -2.07. The summed E-state index contributed by atoms with van der Waals surface area (Å²) >= 11 is 0. The van der Waals surface area contributed by atoms with Gasteiger partial charge in [0.1, 0.15) is 0 Å². The maximum atomic E-state index is 5.88. The Hall–Kier alpha value is -1.64. The maximum absolute atomic E-state index is 5.88. The Labute approximate surface area is 89.2 Å². The number of nitrogens with one attached hydrogen (secondary N) is 1. The Balaban J connectivity index is 2.69. The molecular formula is C12H16N2O. The first-order valence-electron chi connectivity index (χ1n) is 5.20. The van der Waals surface area contributed by atoms with Crippen LogP contribution in [0.15, 0.2) is 18.3 Å². The molecule has 2 rings (SSSR count). The van der Waals surface area contributed by atoms with Crippen molar-refractivity contribution in [3.05, 3.63) is 23.9 Å². The van der Waals surface area contributed by atoms with Gasteiger partial charge in [-0.1, -0.05) is 13.3 Å². The van der Waals surface area contributed by atoms with E-state index in [1.54, 1.807) is 7.11 Å². The number of ether oxygens (including phenoxy) is 1. The summed E-state index contributed by atoms with van der Waals surface area (Å²) in [7, 11) is 1.66. The zero-order chi connectivity index (χ0) is 10.8. The van der Waals surface area contributed by atoms with E-state index in [0.29, 0.717) is 5.69 Å². The van der Waals surface area contributed by atoms with Gasteiger partial charge in [0.2, 0.25) is 0 Å². The van der Waals surface area contributed by atoms with Gasteiger partial charge >= 0.3 is 0 Å². The third-order valence-electron chi connectivity index (χ3n) is 2.63. The predicted octanol–water partition coefficient (Wildman–Crippen LogP) is 2.71. The van der Waals surface area contributed by atoms with E-state index in [1.165, 1.54) is 5.56 Å². The van der Waals surface area contributed by atoms with Crippen LogP contribution in [0.5, 0.6) is 5.75 Å². The quantitative estimate of drug-likeness (QED) is 0.755. The van der Waals surface area contributed by atoms with E-state index in [9.17, 15) is 0 Å². The minimum absolute atomic E-state index is 0.696. The first kappa shape index (κ1) is 9.90. The number of nitrogens with two attached hydrogens (primary N) is 1. The Kier molecular flexibility index (Phi) is 2.54. The van der Waals surface area contributed by atoms with Crippen molar-refractivity contribution in [2.24, 2.45) is 0 Å². The van der Waals surface area contributed by atoms with Crippen molar-refractivity contribution in [1.82, 2.24) is 4.98 Å². The monoisotopic (exact) mass is 204 g/mol. The molecule has 80 valence electrons. The summed E-state index contributed by atoms with van der Waals surface area (Å²) in [6.45, 7) is 2.16. The van der Waals surface area contributed by atoms with Gasteiger partial charge in [-0.05, 0) is 24.1 Å². The molecule has 0 spiro atoms. The smallest absolute Gasteiger partial charge is 0.151 e. The van der Waals surface area contributed by atoms with Crippen LogP contribution in [0.4, 0.5) is 5.69 Å². The van der Waals surface area contributed by atoms with Crippen LogP contribution in [-0.2, 0) is 6.42 Å². The molecule has 0 bridgehead atoms. The normalized spacial score (nSPS) is 10.8. The van der Waals surface area contributed by atoms with Crippen LogP contribution in [-0.4, -0.2) is 12.1 Å². The van der Waals surface area contributed by atoms with Crippen LogP contribution in [0.2, 0.25) is 0 Å². The summed E-state index contributed by atoms with van der Waals surface area (Å²) in [5.74, 6) is 0.789. The van der Waals surface area contributed by atoms with Crippen molar-refractivity contribution >= 4 is 16.6 Å². The molecule has 0 amide bonds. The highest BCUT2D eigenvalue weighted by molar-refractivity contribution is 5.93. The van der Waals surface area contributed by atoms with Gasteiger partial charge in [-0.2, -0.15) is 0 Å². The number of rotatable bonds is 3. The summed E-state index contributed by atoms with van der Waals surface area (Å²) in [6, 6.07) is 3.86. The number of benzene rings is 1. The van der Waals surface area contributed by atoms with E-state index >= 15 is 0 Å². The molecule has 0 fully saturated rings. The summed E-state index contributed by atoms with van der Waals surface area (Å²) in [5, 5.41) is 1.12. The first-order chi connectivity index (χ1) is 7.27. The van der Waals surface area contributed by atoms with Crippen molar-refractivity contribution in [1.29, 1.82) is 0 Å². The fourth-order valence-corrected chi connectivity index (χ4v) is 1.96. The minimum Gasteiger partial charge on any atom is -0.494 e. The molecule has 0 saturated carbocycles. The van der Waals surface area contributed by atoms with Crippen LogP contribution in [0.3, 0.4) is 0 Å². The topological polar surface area (TPSA) is 51.0 Å². The lowest BCUT2D eigenvalue weighted by Crippen LogP contribution is -1.93. The maximum Gasteiger partial charge on any atom is 0.151 e. The number of aromatic nitrogens is 1. The van der Waals surface area contributed by atoms with E-state index in [1.807, 2.05) is 18.3 Å². The predicted molar refractivity (Wildman–Crippen MR) is 63.3 cm³/mol. The van der Waals surface area contributed by atoms with Gasteiger partial charge in [-0.3, -0.25) is 0 Å². The number of nitrogen functional groups attached to an aromatic ring is 1. The Morgan fingerprint density at radius 2 is 2.20 bits per heavy atom. The van der Waals surface area contributed by atoms with Gasteiger partial charge in [0.05, 0.1) is 12.8 Å². The number of anilines is 1. The molecule has 0 radical (unpaired) electrons. The number of aryl methyl sites for hydroxylation is 1. The fourth-order valence-electron chi connectivity index (χ4n) is 1.96. The van der Waals surface area contributed by atoms with Gasteiger partial charge < -0.3 is 15.5 Å². The van der Waals surface area contributed by atoms with E-state index in [-0.39, 0.29) is 0 Å². The average molecular weight is 204 g/mol. The number of hydrogen-bond donors (Lipinski definition) is 2. The van der Waals surface area contributed by atoms with Gasteiger partial charge in [0.15, 0.2) is 5.75 Å². The van der Waals surface area contributed by atoms with Crippen molar-refractivity contribution in [2.45, 2.75) is 19.8 Å². The van der Waals surface area contributed by atoms with Crippen LogP contribution in [0.1, 0.15) is 18.9 Å². The molecule has 2 aromatic rings. The number of fused-ring (bicyclic) bond motifs is 1. The Bertz CT molecular complexity index is 474. The minimum atomic E-state index is 0.696. The van der Waals surface area contributed by atoms with Gasteiger partial charge in [-0.15, -0.1) is 0 Å². The number of methoxy groups -OCH3 is 1. The van der Waals surface area contributed by atoms with Crippen molar-refractivity contribution < 1.29 is 4.74 Å². The molecule has 3 nitrogen and oxygen atoms in total. The molecule has 1 heterocycles. The van der Waals surface area contributed by atoms with E-state index < -0.39 is 0 Å². The second-order valence-corrected chi connectivity index (χ2v) is 3.67. The Morgan fingerprint density at radius 3 is 2.87 bits per heavy atom. The molecule has 0 aliphatic heterocycles. The molecule has 0 aliphatic rings. The van der Waals surface area contributed by atoms with Crippen molar-refractivity contribution in [3.63, 3.8) is 0 Å². The van der Waals surface area contributed by atoms with E-state index in [4.69, 9.17) is 10.5 Å². The van der Waals surface area contributed by atoms with E-state index in [0.717, 1.165) is 29.5 Å². The molecule has 0 aliphatic carbocycles. The van der Waals surface area contributed by atoms with Gasteiger partial charge in [-0.25, -0.2) is 0 Å². The van der Waals surface area contributed by atoms with Gasteiger partial charge in [0, 0.05) is 17.1 Å². The van der Waals surface area contributed by atoms with Crippen LogP contribution < -0.4 is 10.5 Å². The molecule has 3 N–H and O–H groups in total. The molecule has 3 heteroatoms. The second kappa shape index (κ2) is 3.85. The molecule has 0 saturated heterocycles. The van der Waals surface area contributed by atoms with Crippen molar-refractivity contribution in [3.8, 4) is 5.75 Å². The molecule has 0 unspecified atom stereocenters. The number of aromatic amines is 1. The van der Waals surface area contributed by atoms with Crippen LogP contribution in [0, 0.1) is 0 Å². The lowest BCUT2D eigenvalue weighted by molar-refractivity contribution is 0.421. The lowest BCUT2D eigenvalue weighted by atomic mass is 10.1. The molecular weight excluding hydrogens is 188 g/mol. The summed E-state index contributed by atoms with van der Waals surface area (Å²) in [6.07, 6.45) is 4.20. The summed E-state index contributed by atoms with van der Waals surface area (Å²) in [5.41, 5.74) is 8.94. The largest absolute Gasteiger partial charge is 0.494 e. The zero-order valence-electron chi connectivity index (χ0n) is 9.13. The number of H-pyrrole nitrogens is 1. The highest BCUT2D eigenvalue weighted by atomic mass is 16.5. The summed E-state index contributed by atoms with van der Waals surface area (Å²) < 4.78 is 5.36. The Morgan fingerprint density at radius 1 is 1.40 bits per heavy atom. The average Bonchev–Trinajstić information content (AvgIpc) is 2.63.